The standard InChI is InChI=1S/C9H17NOS/c1-8(2)11-9-3-5-10(7-12)6-4-9/h7-9H,3-6H2,1-2H3. The number of nitrogens with zero attached hydrogens (tertiary/aromatic N) is 1. The lowest BCUT2D eigenvalue weighted by molar-refractivity contribution is -0.0176. The Hall–Kier alpha value is -0.150. The Morgan fingerprint density at radius 1 is 1.42 bits per heavy atom. The fraction of sp³-hybridized carbons (Fsp3) is 0.889. The summed E-state index contributed by atoms with van der Waals surface area (Å²) < 4.78 is 5.71. The molecule has 1 saturated heterocycles. The third-order valence-electron chi connectivity index (χ3n) is 2.09. The molecule has 70 valence electrons. The Labute approximate surface area is 79.9 Å². The van der Waals surface area contributed by atoms with Crippen LogP contribution in [-0.2, 0) is 4.74 Å². The van der Waals surface area contributed by atoms with E-state index in [1.54, 1.807) is 5.49 Å². The van der Waals surface area contributed by atoms with Gasteiger partial charge in [0, 0.05) is 13.1 Å². The minimum absolute atomic E-state index is 0.356. The second kappa shape index (κ2) is 4.77. The first kappa shape index (κ1) is 9.93. The van der Waals surface area contributed by atoms with Crippen molar-refractivity contribution in [2.24, 2.45) is 0 Å². The summed E-state index contributed by atoms with van der Waals surface area (Å²) in [5.74, 6) is 0. The third-order valence-corrected chi connectivity index (χ3v) is 2.39. The summed E-state index contributed by atoms with van der Waals surface area (Å²) in [5.41, 5.74) is 1.76. The minimum Gasteiger partial charge on any atom is -0.375 e. The van der Waals surface area contributed by atoms with Crippen molar-refractivity contribution in [1.29, 1.82) is 0 Å². The summed E-state index contributed by atoms with van der Waals surface area (Å²) in [7, 11) is 0. The molecule has 0 aromatic rings. The van der Waals surface area contributed by atoms with Crippen LogP contribution in [0.25, 0.3) is 0 Å². The summed E-state index contributed by atoms with van der Waals surface area (Å²) in [6.07, 6.45) is 3.04. The maximum Gasteiger partial charge on any atom is 0.0640 e. The molecule has 12 heavy (non-hydrogen) atoms. The summed E-state index contributed by atoms with van der Waals surface area (Å²) in [4.78, 5) is 2.18. The Balaban J connectivity index is 2.21. The van der Waals surface area contributed by atoms with E-state index in [1.165, 1.54) is 0 Å². The van der Waals surface area contributed by atoms with Crippen LogP contribution < -0.4 is 0 Å². The second-order valence-electron chi connectivity index (χ2n) is 3.53. The zero-order valence-electron chi connectivity index (χ0n) is 7.82. The van der Waals surface area contributed by atoms with Gasteiger partial charge in [0.05, 0.1) is 17.7 Å². The number of hydrogen-bond acceptors (Lipinski definition) is 2. The van der Waals surface area contributed by atoms with Crippen molar-refractivity contribution in [3.05, 3.63) is 0 Å². The molecule has 0 unspecified atom stereocenters. The van der Waals surface area contributed by atoms with Gasteiger partial charge in [-0.15, -0.1) is 0 Å². The lowest BCUT2D eigenvalue weighted by Gasteiger charge is -2.31. The molecule has 0 spiro atoms. The molecule has 0 aromatic heterocycles. The highest BCUT2D eigenvalue weighted by Gasteiger charge is 2.18. The van der Waals surface area contributed by atoms with E-state index in [4.69, 9.17) is 17.0 Å². The highest BCUT2D eigenvalue weighted by Crippen LogP contribution is 2.13. The first-order valence-corrected chi connectivity index (χ1v) is 5.04. The van der Waals surface area contributed by atoms with Gasteiger partial charge < -0.3 is 9.64 Å². The van der Waals surface area contributed by atoms with Gasteiger partial charge in [-0.25, -0.2) is 0 Å². The Kier molecular flexibility index (Phi) is 3.95. The highest BCUT2D eigenvalue weighted by molar-refractivity contribution is 7.78. The second-order valence-corrected chi connectivity index (χ2v) is 3.74. The molecule has 1 fully saturated rings. The Morgan fingerprint density at radius 2 is 2.00 bits per heavy atom. The molecular formula is C9H17NOS. The molecule has 1 aliphatic heterocycles. The average molecular weight is 187 g/mol. The van der Waals surface area contributed by atoms with Gasteiger partial charge in [0.2, 0.25) is 0 Å². The normalized spacial score (nSPS) is 20.1. The molecule has 0 radical (unpaired) electrons. The molecule has 0 bridgehead atoms. The lowest BCUT2D eigenvalue weighted by atomic mass is 10.1. The van der Waals surface area contributed by atoms with Crippen molar-refractivity contribution in [3.8, 4) is 0 Å². The van der Waals surface area contributed by atoms with Crippen LogP contribution in [0.15, 0.2) is 0 Å². The molecule has 0 amide bonds. The van der Waals surface area contributed by atoms with E-state index in [2.05, 4.69) is 18.7 Å². The molecule has 3 heteroatoms. The minimum atomic E-state index is 0.356. The van der Waals surface area contributed by atoms with E-state index in [0.717, 1.165) is 25.9 Å². The van der Waals surface area contributed by atoms with E-state index in [9.17, 15) is 0 Å². The smallest absolute Gasteiger partial charge is 0.0640 e. The summed E-state index contributed by atoms with van der Waals surface area (Å²) in [6.45, 7) is 6.29. The molecule has 0 N–H and O–H groups in total. The zero-order chi connectivity index (χ0) is 8.97. The summed E-state index contributed by atoms with van der Waals surface area (Å²) >= 11 is 4.86. The van der Waals surface area contributed by atoms with Crippen LogP contribution in [0.2, 0.25) is 0 Å². The van der Waals surface area contributed by atoms with Crippen LogP contribution in [0, 0.1) is 0 Å². The quantitative estimate of drug-likeness (QED) is 0.625. The van der Waals surface area contributed by atoms with Gasteiger partial charge in [-0.2, -0.15) is 0 Å². The van der Waals surface area contributed by atoms with Gasteiger partial charge in [0.15, 0.2) is 0 Å². The maximum atomic E-state index is 5.71. The van der Waals surface area contributed by atoms with Crippen molar-refractivity contribution in [2.75, 3.05) is 13.1 Å². The molecular weight excluding hydrogens is 170 g/mol. The number of ether oxygens (including phenoxy) is 1. The highest BCUT2D eigenvalue weighted by atomic mass is 32.1. The van der Waals surface area contributed by atoms with E-state index in [0.29, 0.717) is 12.2 Å². The predicted molar refractivity (Wildman–Crippen MR) is 54.5 cm³/mol. The summed E-state index contributed by atoms with van der Waals surface area (Å²) in [5, 5.41) is 0. The van der Waals surface area contributed by atoms with Crippen LogP contribution in [0.4, 0.5) is 0 Å². The van der Waals surface area contributed by atoms with Crippen LogP contribution in [0.1, 0.15) is 26.7 Å². The van der Waals surface area contributed by atoms with E-state index in [-0.39, 0.29) is 0 Å². The first-order valence-electron chi connectivity index (χ1n) is 4.57. The predicted octanol–water partition coefficient (Wildman–Crippen LogP) is 1.83. The van der Waals surface area contributed by atoms with Gasteiger partial charge in [0.1, 0.15) is 0 Å². The third kappa shape index (κ3) is 3.07. The molecule has 0 saturated carbocycles. The van der Waals surface area contributed by atoms with E-state index >= 15 is 0 Å². The van der Waals surface area contributed by atoms with Crippen LogP contribution in [0.3, 0.4) is 0 Å². The number of thiocarbonyl (C=S) groups is 1. The van der Waals surface area contributed by atoms with E-state index in [1.807, 2.05) is 0 Å². The van der Waals surface area contributed by atoms with E-state index < -0.39 is 0 Å². The topological polar surface area (TPSA) is 12.5 Å². The van der Waals surface area contributed by atoms with Crippen LogP contribution in [0.5, 0.6) is 0 Å². The fourth-order valence-corrected chi connectivity index (χ4v) is 1.71. The number of rotatable bonds is 3. The fourth-order valence-electron chi connectivity index (χ4n) is 1.50. The average Bonchev–Trinajstić information content (AvgIpc) is 2.05. The Bertz CT molecular complexity index is 141. The number of hydrogen-bond donors (Lipinski definition) is 0. The lowest BCUT2D eigenvalue weighted by Crippen LogP contribution is -2.36. The molecule has 1 aliphatic rings. The first-order chi connectivity index (χ1) is 5.72. The SMILES string of the molecule is CC(C)OC1CCN(C=S)CC1. The Morgan fingerprint density at radius 3 is 2.42 bits per heavy atom. The molecule has 0 aromatic carbocycles. The number of piperidine rings is 1. The molecule has 0 aliphatic carbocycles. The van der Waals surface area contributed by atoms with Crippen molar-refractivity contribution >= 4 is 17.7 Å². The van der Waals surface area contributed by atoms with Gasteiger partial charge in [0.25, 0.3) is 0 Å². The molecule has 2 nitrogen and oxygen atoms in total. The van der Waals surface area contributed by atoms with Crippen LogP contribution >= 0.6 is 12.2 Å². The van der Waals surface area contributed by atoms with Gasteiger partial charge >= 0.3 is 0 Å². The zero-order valence-corrected chi connectivity index (χ0v) is 8.64. The van der Waals surface area contributed by atoms with Crippen molar-refractivity contribution in [2.45, 2.75) is 38.9 Å². The molecule has 1 rings (SSSR count). The van der Waals surface area contributed by atoms with Crippen molar-refractivity contribution < 1.29 is 4.74 Å². The molecule has 0 atom stereocenters. The monoisotopic (exact) mass is 187 g/mol. The van der Waals surface area contributed by atoms with Gasteiger partial charge in [-0.1, -0.05) is 12.2 Å². The largest absolute Gasteiger partial charge is 0.375 e. The van der Waals surface area contributed by atoms with Crippen LogP contribution in [-0.4, -0.2) is 35.7 Å². The van der Waals surface area contributed by atoms with Crippen molar-refractivity contribution in [3.63, 3.8) is 0 Å². The maximum absolute atomic E-state index is 5.71. The van der Waals surface area contributed by atoms with Crippen molar-refractivity contribution in [1.82, 2.24) is 4.90 Å². The van der Waals surface area contributed by atoms with Gasteiger partial charge in [-0.05, 0) is 26.7 Å². The van der Waals surface area contributed by atoms with Gasteiger partial charge in [-0.3, -0.25) is 0 Å². The molecule has 1 heterocycles. The summed E-state index contributed by atoms with van der Waals surface area (Å²) in [6, 6.07) is 0. The number of likely N-dealkylation sites (tertiary alicyclic amines) is 1.